The Morgan fingerprint density at radius 1 is 1.00 bits per heavy atom. The van der Waals surface area contributed by atoms with Crippen molar-refractivity contribution in [3.05, 3.63) is 0 Å². The molecule has 0 aromatic carbocycles. The van der Waals surface area contributed by atoms with E-state index < -0.39 is 0 Å². The summed E-state index contributed by atoms with van der Waals surface area (Å²) >= 11 is 0. The number of ether oxygens (including phenoxy) is 4. The summed E-state index contributed by atoms with van der Waals surface area (Å²) in [6, 6.07) is 0. The van der Waals surface area contributed by atoms with Crippen molar-refractivity contribution in [2.75, 3.05) is 26.4 Å². The highest BCUT2D eigenvalue weighted by molar-refractivity contribution is 4.73. The second kappa shape index (κ2) is 4.57. The molecule has 0 saturated carbocycles. The first kappa shape index (κ1) is 10.4. The summed E-state index contributed by atoms with van der Waals surface area (Å²) < 4.78 is 20.0. The van der Waals surface area contributed by atoms with E-state index in [1.807, 2.05) is 0 Å². The minimum atomic E-state index is 0.392. The molecule has 4 nitrogen and oxygen atoms in total. The molecule has 3 aliphatic heterocycles. The Balaban J connectivity index is 0.000000128. The van der Waals surface area contributed by atoms with Crippen LogP contribution in [0.3, 0.4) is 0 Å². The SMILES string of the molecule is C(OCC1CO1)C1CO1.CC1OC1C. The number of epoxide rings is 3. The molecule has 3 fully saturated rings. The van der Waals surface area contributed by atoms with Crippen LogP contribution < -0.4 is 0 Å². The number of hydrogen-bond donors (Lipinski definition) is 0. The van der Waals surface area contributed by atoms with Crippen LogP contribution in [0.5, 0.6) is 0 Å². The Kier molecular flexibility index (Phi) is 3.38. The van der Waals surface area contributed by atoms with Gasteiger partial charge in [-0.1, -0.05) is 0 Å². The van der Waals surface area contributed by atoms with Crippen molar-refractivity contribution in [3.63, 3.8) is 0 Å². The molecule has 3 aliphatic rings. The van der Waals surface area contributed by atoms with Gasteiger partial charge in [-0.05, 0) is 13.8 Å². The zero-order chi connectivity index (χ0) is 9.97. The summed E-state index contributed by atoms with van der Waals surface area (Å²) in [5.41, 5.74) is 0. The molecule has 0 radical (unpaired) electrons. The number of hydrogen-bond acceptors (Lipinski definition) is 4. The normalized spacial score (nSPS) is 42.4. The monoisotopic (exact) mass is 202 g/mol. The molecular formula is C10H18O4. The van der Waals surface area contributed by atoms with Gasteiger partial charge in [-0.2, -0.15) is 0 Å². The third-order valence-electron chi connectivity index (χ3n) is 2.43. The van der Waals surface area contributed by atoms with E-state index in [0.29, 0.717) is 24.4 Å². The molecule has 4 atom stereocenters. The lowest BCUT2D eigenvalue weighted by Gasteiger charge is -1.95. The number of rotatable bonds is 4. The van der Waals surface area contributed by atoms with Crippen LogP contribution in [0.2, 0.25) is 0 Å². The van der Waals surface area contributed by atoms with Crippen LogP contribution in [0.4, 0.5) is 0 Å². The molecule has 0 spiro atoms. The van der Waals surface area contributed by atoms with Crippen molar-refractivity contribution >= 4 is 0 Å². The van der Waals surface area contributed by atoms with E-state index in [-0.39, 0.29) is 0 Å². The Labute approximate surface area is 84.5 Å². The molecule has 3 saturated heterocycles. The maximum Gasteiger partial charge on any atom is 0.104 e. The molecule has 4 unspecified atom stereocenters. The van der Waals surface area contributed by atoms with Crippen LogP contribution in [0, 0.1) is 0 Å². The summed E-state index contributed by atoms with van der Waals surface area (Å²) in [5, 5.41) is 0. The van der Waals surface area contributed by atoms with Gasteiger partial charge in [0.2, 0.25) is 0 Å². The maximum atomic E-state index is 5.23. The van der Waals surface area contributed by atoms with Gasteiger partial charge >= 0.3 is 0 Å². The summed E-state index contributed by atoms with van der Waals surface area (Å²) in [6.45, 7) is 7.41. The quantitative estimate of drug-likeness (QED) is 0.626. The zero-order valence-corrected chi connectivity index (χ0v) is 8.77. The van der Waals surface area contributed by atoms with Gasteiger partial charge in [0.25, 0.3) is 0 Å². The predicted molar refractivity (Wildman–Crippen MR) is 50.3 cm³/mol. The van der Waals surface area contributed by atoms with Gasteiger partial charge in [0, 0.05) is 0 Å². The lowest BCUT2D eigenvalue weighted by Crippen LogP contribution is -2.06. The van der Waals surface area contributed by atoms with Crippen LogP contribution in [0.25, 0.3) is 0 Å². The van der Waals surface area contributed by atoms with E-state index in [9.17, 15) is 0 Å². The van der Waals surface area contributed by atoms with Gasteiger partial charge in [0.05, 0.1) is 38.6 Å². The van der Waals surface area contributed by atoms with Crippen molar-refractivity contribution < 1.29 is 18.9 Å². The lowest BCUT2D eigenvalue weighted by molar-refractivity contribution is 0.102. The largest absolute Gasteiger partial charge is 0.376 e. The Morgan fingerprint density at radius 3 is 1.57 bits per heavy atom. The second-order valence-electron chi connectivity index (χ2n) is 3.99. The van der Waals surface area contributed by atoms with E-state index in [2.05, 4.69) is 13.8 Å². The van der Waals surface area contributed by atoms with Gasteiger partial charge < -0.3 is 18.9 Å². The Morgan fingerprint density at radius 2 is 1.36 bits per heavy atom. The molecule has 0 aromatic heterocycles. The Bertz CT molecular complexity index is 159. The highest BCUT2D eigenvalue weighted by atomic mass is 16.6. The molecule has 0 N–H and O–H groups in total. The average Bonchev–Trinajstić information content (AvgIpc) is 2.92. The standard InChI is InChI=1S/C6H10O3.C4H8O/c1(5-3-8-5)7-2-6-4-9-6;1-3-4(2)5-3/h5-6H,1-4H2;3-4H,1-2H3. The minimum Gasteiger partial charge on any atom is -0.376 e. The van der Waals surface area contributed by atoms with Crippen LogP contribution in [-0.2, 0) is 18.9 Å². The Hall–Kier alpha value is -0.160. The van der Waals surface area contributed by atoms with Crippen LogP contribution >= 0.6 is 0 Å². The molecule has 3 rings (SSSR count). The summed E-state index contributed by atoms with van der Waals surface area (Å²) in [7, 11) is 0. The molecule has 14 heavy (non-hydrogen) atoms. The fraction of sp³-hybridized carbons (Fsp3) is 1.00. The summed E-state index contributed by atoms with van der Waals surface area (Å²) in [6.07, 6.45) is 1.89. The molecule has 0 aliphatic carbocycles. The summed E-state index contributed by atoms with van der Waals surface area (Å²) in [5.74, 6) is 0. The van der Waals surface area contributed by atoms with Crippen molar-refractivity contribution in [1.29, 1.82) is 0 Å². The third-order valence-corrected chi connectivity index (χ3v) is 2.43. The van der Waals surface area contributed by atoms with Crippen molar-refractivity contribution in [2.24, 2.45) is 0 Å². The van der Waals surface area contributed by atoms with Gasteiger partial charge in [0.15, 0.2) is 0 Å². The topological polar surface area (TPSA) is 46.8 Å². The zero-order valence-electron chi connectivity index (χ0n) is 8.77. The van der Waals surface area contributed by atoms with E-state index in [4.69, 9.17) is 18.9 Å². The second-order valence-corrected chi connectivity index (χ2v) is 3.99. The van der Waals surface area contributed by atoms with E-state index in [0.717, 1.165) is 26.4 Å². The average molecular weight is 202 g/mol. The van der Waals surface area contributed by atoms with E-state index >= 15 is 0 Å². The molecule has 0 aromatic rings. The fourth-order valence-corrected chi connectivity index (χ4v) is 0.953. The first-order valence-corrected chi connectivity index (χ1v) is 5.22. The maximum absolute atomic E-state index is 5.23. The van der Waals surface area contributed by atoms with E-state index in [1.165, 1.54) is 0 Å². The van der Waals surface area contributed by atoms with Crippen LogP contribution in [0.15, 0.2) is 0 Å². The molecule has 3 heterocycles. The highest BCUT2D eigenvalue weighted by Gasteiger charge is 2.28. The smallest absolute Gasteiger partial charge is 0.104 e. The van der Waals surface area contributed by atoms with Crippen LogP contribution in [-0.4, -0.2) is 50.8 Å². The first-order chi connectivity index (χ1) is 6.75. The molecule has 0 bridgehead atoms. The third kappa shape index (κ3) is 4.37. The highest BCUT2D eigenvalue weighted by Crippen LogP contribution is 2.18. The van der Waals surface area contributed by atoms with Crippen molar-refractivity contribution in [3.8, 4) is 0 Å². The summed E-state index contributed by atoms with van der Waals surface area (Å²) in [4.78, 5) is 0. The molecular weight excluding hydrogens is 184 g/mol. The van der Waals surface area contributed by atoms with Gasteiger partial charge in [-0.15, -0.1) is 0 Å². The predicted octanol–water partition coefficient (Wildman–Crippen LogP) is 0.594. The van der Waals surface area contributed by atoms with E-state index in [1.54, 1.807) is 0 Å². The molecule has 4 heteroatoms. The lowest BCUT2D eigenvalue weighted by atomic mass is 10.4. The van der Waals surface area contributed by atoms with Crippen LogP contribution in [0.1, 0.15) is 13.8 Å². The molecule has 82 valence electrons. The van der Waals surface area contributed by atoms with Gasteiger partial charge in [-0.25, -0.2) is 0 Å². The van der Waals surface area contributed by atoms with Gasteiger partial charge in [0.1, 0.15) is 12.2 Å². The fourth-order valence-electron chi connectivity index (χ4n) is 0.953. The van der Waals surface area contributed by atoms with Crippen molar-refractivity contribution in [1.82, 2.24) is 0 Å². The van der Waals surface area contributed by atoms with Gasteiger partial charge in [-0.3, -0.25) is 0 Å². The van der Waals surface area contributed by atoms with Crippen molar-refractivity contribution in [2.45, 2.75) is 38.3 Å². The first-order valence-electron chi connectivity index (χ1n) is 5.22. The molecule has 0 amide bonds. The minimum absolute atomic E-state index is 0.392.